The fraction of sp³-hybridized carbons (Fsp3) is 1.00. The third kappa shape index (κ3) is 13.9. The lowest BCUT2D eigenvalue weighted by atomic mass is 10.0. The number of hydrogen-bond acceptors (Lipinski definition) is 0. The fourth-order valence-electron chi connectivity index (χ4n) is 2.33. The number of hydrogen-bond donors (Lipinski definition) is 0. The minimum absolute atomic E-state index is 0.283. The van der Waals surface area contributed by atoms with E-state index in [0.717, 1.165) is 25.7 Å². The molecule has 0 amide bonds. The van der Waals surface area contributed by atoms with Gasteiger partial charge in [-0.05, 0) is 12.8 Å². The van der Waals surface area contributed by atoms with E-state index in [1.54, 1.807) is 0 Å². The second-order valence-electron chi connectivity index (χ2n) is 5.38. The molecule has 0 N–H and O–H groups in total. The van der Waals surface area contributed by atoms with Crippen molar-refractivity contribution >= 4 is 0 Å². The Labute approximate surface area is 109 Å². The molecule has 17 heavy (non-hydrogen) atoms. The second kappa shape index (κ2) is 14.0. The summed E-state index contributed by atoms with van der Waals surface area (Å²) in [5, 5.41) is 11.4. The van der Waals surface area contributed by atoms with Gasteiger partial charge in [-0.15, -0.1) is 0 Å². The summed E-state index contributed by atoms with van der Waals surface area (Å²) in [5.74, 6) is 0. The number of unbranched alkanes of at least 4 members (excludes halogenated alkanes) is 9. The lowest BCUT2D eigenvalue weighted by Crippen LogP contribution is -2.02. The minimum Gasteiger partial charge on any atom is -0.233 e. The Hall–Kier alpha value is -0.0400. The maximum absolute atomic E-state index is 11.4. The standard InChI is InChI=1S/C16H33O/c1-3-5-6-7-8-9-10-11-12-13-15-16(17)14-4-2/h16H,3-15H2,1-2H3. The first-order valence-corrected chi connectivity index (χ1v) is 7.97. The molecule has 1 unspecified atom stereocenters. The summed E-state index contributed by atoms with van der Waals surface area (Å²) in [6.07, 6.45) is 16.1. The lowest BCUT2D eigenvalue weighted by molar-refractivity contribution is 0.0706. The third-order valence-corrected chi connectivity index (χ3v) is 3.49. The first-order chi connectivity index (χ1) is 8.31. The van der Waals surface area contributed by atoms with E-state index in [9.17, 15) is 5.11 Å². The van der Waals surface area contributed by atoms with Gasteiger partial charge in [0.2, 0.25) is 0 Å². The highest BCUT2D eigenvalue weighted by Gasteiger charge is 2.03. The van der Waals surface area contributed by atoms with Gasteiger partial charge in [0.05, 0.1) is 6.10 Å². The molecule has 0 aliphatic carbocycles. The van der Waals surface area contributed by atoms with Gasteiger partial charge in [-0.2, -0.15) is 0 Å². The van der Waals surface area contributed by atoms with E-state index in [2.05, 4.69) is 13.8 Å². The van der Waals surface area contributed by atoms with Gasteiger partial charge in [0.15, 0.2) is 0 Å². The largest absolute Gasteiger partial charge is 0.233 e. The van der Waals surface area contributed by atoms with E-state index in [1.165, 1.54) is 57.8 Å². The zero-order valence-corrected chi connectivity index (χ0v) is 12.2. The van der Waals surface area contributed by atoms with Crippen molar-refractivity contribution < 1.29 is 5.11 Å². The Balaban J connectivity index is 2.98. The average molecular weight is 241 g/mol. The zero-order valence-electron chi connectivity index (χ0n) is 12.2. The highest BCUT2D eigenvalue weighted by molar-refractivity contribution is 4.55. The van der Waals surface area contributed by atoms with Crippen LogP contribution in [0.25, 0.3) is 0 Å². The summed E-state index contributed by atoms with van der Waals surface area (Å²) in [6.45, 7) is 4.37. The first kappa shape index (κ1) is 17.0. The summed E-state index contributed by atoms with van der Waals surface area (Å²) in [6, 6.07) is 0. The Bertz CT molecular complexity index is 133. The quantitative estimate of drug-likeness (QED) is 0.358. The van der Waals surface area contributed by atoms with Crippen molar-refractivity contribution in [3.63, 3.8) is 0 Å². The van der Waals surface area contributed by atoms with Crippen LogP contribution in [0.3, 0.4) is 0 Å². The van der Waals surface area contributed by atoms with Gasteiger partial charge in [-0.3, -0.25) is 0 Å². The van der Waals surface area contributed by atoms with E-state index < -0.39 is 0 Å². The molecule has 1 atom stereocenters. The van der Waals surface area contributed by atoms with Crippen LogP contribution in [0.5, 0.6) is 0 Å². The molecule has 1 radical (unpaired) electrons. The predicted molar refractivity (Wildman–Crippen MR) is 75.8 cm³/mol. The van der Waals surface area contributed by atoms with Gasteiger partial charge in [0, 0.05) is 0 Å². The Morgan fingerprint density at radius 1 is 0.588 bits per heavy atom. The Kier molecular flexibility index (Phi) is 14.0. The normalized spacial score (nSPS) is 12.9. The van der Waals surface area contributed by atoms with Crippen LogP contribution in [0.1, 0.15) is 97.3 Å². The molecule has 0 fully saturated rings. The van der Waals surface area contributed by atoms with Gasteiger partial charge in [-0.25, -0.2) is 5.11 Å². The maximum Gasteiger partial charge on any atom is 0.0930 e. The van der Waals surface area contributed by atoms with Crippen molar-refractivity contribution in [2.75, 3.05) is 0 Å². The molecule has 0 aromatic rings. The van der Waals surface area contributed by atoms with E-state index in [0.29, 0.717) is 0 Å². The molecule has 0 spiro atoms. The van der Waals surface area contributed by atoms with E-state index in [4.69, 9.17) is 0 Å². The zero-order chi connectivity index (χ0) is 12.8. The van der Waals surface area contributed by atoms with Gasteiger partial charge in [0.1, 0.15) is 0 Å². The van der Waals surface area contributed by atoms with Crippen LogP contribution < -0.4 is 0 Å². The molecular weight excluding hydrogens is 208 g/mol. The molecule has 0 rings (SSSR count). The molecule has 103 valence electrons. The van der Waals surface area contributed by atoms with Crippen LogP contribution in [-0.4, -0.2) is 6.10 Å². The van der Waals surface area contributed by atoms with Crippen LogP contribution in [0.4, 0.5) is 0 Å². The van der Waals surface area contributed by atoms with Crippen molar-refractivity contribution in [3.8, 4) is 0 Å². The molecule has 0 bridgehead atoms. The Morgan fingerprint density at radius 3 is 1.53 bits per heavy atom. The van der Waals surface area contributed by atoms with Crippen molar-refractivity contribution in [1.82, 2.24) is 0 Å². The second-order valence-corrected chi connectivity index (χ2v) is 5.38. The van der Waals surface area contributed by atoms with Crippen LogP contribution in [-0.2, 0) is 5.11 Å². The van der Waals surface area contributed by atoms with Crippen molar-refractivity contribution in [3.05, 3.63) is 0 Å². The lowest BCUT2D eigenvalue weighted by Gasteiger charge is -2.06. The van der Waals surface area contributed by atoms with Crippen LogP contribution >= 0.6 is 0 Å². The third-order valence-electron chi connectivity index (χ3n) is 3.49. The predicted octanol–water partition coefficient (Wildman–Crippen LogP) is 5.90. The SMILES string of the molecule is CCCCCCCCCCCCC([O])CCC. The molecule has 0 saturated carbocycles. The molecule has 0 aliphatic rings. The van der Waals surface area contributed by atoms with Crippen molar-refractivity contribution in [1.29, 1.82) is 0 Å². The van der Waals surface area contributed by atoms with Crippen molar-refractivity contribution in [2.24, 2.45) is 0 Å². The summed E-state index contributed by atoms with van der Waals surface area (Å²) in [5.41, 5.74) is 0. The molecule has 0 heterocycles. The fourth-order valence-corrected chi connectivity index (χ4v) is 2.33. The average Bonchev–Trinajstić information content (AvgIpc) is 2.32. The molecule has 0 aromatic heterocycles. The van der Waals surface area contributed by atoms with Gasteiger partial charge in [-0.1, -0.05) is 84.5 Å². The van der Waals surface area contributed by atoms with Crippen molar-refractivity contribution in [2.45, 2.75) is 103 Å². The summed E-state index contributed by atoms with van der Waals surface area (Å²) in [4.78, 5) is 0. The topological polar surface area (TPSA) is 19.9 Å². The Morgan fingerprint density at radius 2 is 1.06 bits per heavy atom. The van der Waals surface area contributed by atoms with Gasteiger partial charge in [0.25, 0.3) is 0 Å². The molecule has 1 heteroatoms. The molecule has 0 aromatic carbocycles. The smallest absolute Gasteiger partial charge is 0.0930 e. The summed E-state index contributed by atoms with van der Waals surface area (Å²) in [7, 11) is 0. The maximum atomic E-state index is 11.4. The number of rotatable bonds is 13. The summed E-state index contributed by atoms with van der Waals surface area (Å²) < 4.78 is 0. The van der Waals surface area contributed by atoms with E-state index in [1.807, 2.05) is 0 Å². The molecule has 0 aliphatic heterocycles. The molecule has 1 nitrogen and oxygen atoms in total. The first-order valence-electron chi connectivity index (χ1n) is 7.97. The van der Waals surface area contributed by atoms with Crippen LogP contribution in [0, 0.1) is 0 Å². The van der Waals surface area contributed by atoms with Gasteiger partial charge >= 0.3 is 0 Å². The van der Waals surface area contributed by atoms with E-state index >= 15 is 0 Å². The molecular formula is C16H33O. The van der Waals surface area contributed by atoms with Crippen LogP contribution in [0.15, 0.2) is 0 Å². The van der Waals surface area contributed by atoms with E-state index in [-0.39, 0.29) is 6.10 Å². The highest BCUT2D eigenvalue weighted by atomic mass is 16.3. The van der Waals surface area contributed by atoms with Crippen LogP contribution in [0.2, 0.25) is 0 Å². The van der Waals surface area contributed by atoms with Gasteiger partial charge < -0.3 is 0 Å². The molecule has 0 saturated heterocycles. The minimum atomic E-state index is -0.283. The monoisotopic (exact) mass is 241 g/mol. The summed E-state index contributed by atoms with van der Waals surface area (Å²) >= 11 is 0. The highest BCUT2D eigenvalue weighted by Crippen LogP contribution is 2.13.